The van der Waals surface area contributed by atoms with Crippen LogP contribution in [0.25, 0.3) is 11.2 Å². The average molecular weight is 391 g/mol. The quantitative estimate of drug-likeness (QED) is 0.649. The van der Waals surface area contributed by atoms with Crippen LogP contribution >= 0.6 is 0 Å². The monoisotopic (exact) mass is 391 g/mol. The Labute approximate surface area is 161 Å². The third-order valence-electron chi connectivity index (χ3n) is 5.09. The molecule has 3 heterocycles. The predicted octanol–water partition coefficient (Wildman–Crippen LogP) is -0.519. The largest absolute Gasteiger partial charge is 0.454 e. The molecule has 0 radical (unpaired) electrons. The Kier molecular flexibility index (Phi) is 5.39. The lowest BCUT2D eigenvalue weighted by molar-refractivity contribution is -0.153. The fourth-order valence-electron chi connectivity index (χ4n) is 3.80. The molecule has 1 amide bonds. The molecule has 0 aromatic carbocycles. The fourth-order valence-corrected chi connectivity index (χ4v) is 3.80. The molecule has 3 rings (SSSR count). The second-order valence-electron chi connectivity index (χ2n) is 7.66. The van der Waals surface area contributed by atoms with E-state index in [1.54, 1.807) is 4.90 Å². The van der Waals surface area contributed by atoms with Gasteiger partial charge in [-0.25, -0.2) is 9.78 Å². The van der Waals surface area contributed by atoms with Crippen LogP contribution in [0, 0.1) is 11.8 Å². The zero-order valence-corrected chi connectivity index (χ0v) is 16.5. The number of aryl methyl sites for hydroxylation is 1. The molecule has 0 aliphatic carbocycles. The molecule has 0 unspecified atom stereocenters. The summed E-state index contributed by atoms with van der Waals surface area (Å²) in [6.45, 7) is 4.92. The van der Waals surface area contributed by atoms with Gasteiger partial charge in [-0.3, -0.25) is 23.5 Å². The number of carbonyl (C=O) groups excluding carboxylic acids is 2. The van der Waals surface area contributed by atoms with E-state index in [2.05, 4.69) is 18.8 Å². The highest BCUT2D eigenvalue weighted by atomic mass is 16.5. The first kappa shape index (κ1) is 19.8. The Morgan fingerprint density at radius 3 is 2.43 bits per heavy atom. The Morgan fingerprint density at radius 2 is 1.79 bits per heavy atom. The number of esters is 1. The Bertz CT molecular complexity index is 1020. The second kappa shape index (κ2) is 7.61. The third-order valence-corrected chi connectivity index (χ3v) is 5.09. The van der Waals surface area contributed by atoms with Gasteiger partial charge < -0.3 is 14.2 Å². The number of aromatic nitrogens is 4. The van der Waals surface area contributed by atoms with Crippen LogP contribution in [0.5, 0.6) is 0 Å². The van der Waals surface area contributed by atoms with Gasteiger partial charge in [0.05, 0.1) is 6.33 Å². The number of hydrogen-bond acceptors (Lipinski definition) is 6. The van der Waals surface area contributed by atoms with E-state index in [4.69, 9.17) is 4.74 Å². The van der Waals surface area contributed by atoms with Crippen molar-refractivity contribution in [3.63, 3.8) is 0 Å². The highest BCUT2D eigenvalue weighted by Gasteiger charge is 2.26. The van der Waals surface area contributed by atoms with Gasteiger partial charge in [0, 0.05) is 27.2 Å². The smallest absolute Gasteiger partial charge is 0.332 e. The van der Waals surface area contributed by atoms with E-state index in [-0.39, 0.29) is 30.2 Å². The summed E-state index contributed by atoms with van der Waals surface area (Å²) in [5.41, 5.74) is -0.725. The molecule has 1 fully saturated rings. The number of piperidine rings is 1. The fraction of sp³-hybridized carbons (Fsp3) is 0.611. The molecular weight excluding hydrogens is 366 g/mol. The number of hydrogen-bond donors (Lipinski definition) is 0. The molecule has 0 saturated carbocycles. The minimum atomic E-state index is -0.651. The van der Waals surface area contributed by atoms with E-state index in [1.165, 1.54) is 29.6 Å². The van der Waals surface area contributed by atoms with Crippen molar-refractivity contribution in [2.24, 2.45) is 25.9 Å². The maximum absolute atomic E-state index is 12.4. The van der Waals surface area contributed by atoms with Crippen LogP contribution in [-0.2, 0) is 35.0 Å². The molecule has 2 atom stereocenters. The van der Waals surface area contributed by atoms with E-state index in [0.29, 0.717) is 24.9 Å². The van der Waals surface area contributed by atoms with Gasteiger partial charge in [0.1, 0.15) is 6.54 Å². The molecule has 28 heavy (non-hydrogen) atoms. The SMILES string of the molecule is C[C@@H]1C[C@H](C)CN(C(=O)COC(=O)Cn2cnc3c2c(=O)n(C)c(=O)n3C)C1. The van der Waals surface area contributed by atoms with Crippen LogP contribution in [0.2, 0.25) is 0 Å². The zero-order valence-electron chi connectivity index (χ0n) is 16.5. The highest BCUT2D eigenvalue weighted by molar-refractivity contribution is 5.81. The van der Waals surface area contributed by atoms with Crippen LogP contribution in [0.1, 0.15) is 20.3 Å². The summed E-state index contributed by atoms with van der Waals surface area (Å²) in [4.78, 5) is 54.6. The van der Waals surface area contributed by atoms with Gasteiger partial charge in [-0.2, -0.15) is 0 Å². The van der Waals surface area contributed by atoms with E-state index in [1.807, 2.05) is 0 Å². The zero-order chi connectivity index (χ0) is 20.6. The number of amides is 1. The first-order chi connectivity index (χ1) is 13.2. The number of imidazole rings is 1. The summed E-state index contributed by atoms with van der Waals surface area (Å²) in [7, 11) is 2.86. The summed E-state index contributed by atoms with van der Waals surface area (Å²) < 4.78 is 8.64. The average Bonchev–Trinajstić information content (AvgIpc) is 3.05. The summed E-state index contributed by atoms with van der Waals surface area (Å²) in [5, 5.41) is 0. The van der Waals surface area contributed by atoms with Crippen molar-refractivity contribution in [2.45, 2.75) is 26.8 Å². The van der Waals surface area contributed by atoms with Gasteiger partial charge in [-0.05, 0) is 18.3 Å². The molecule has 10 nitrogen and oxygen atoms in total. The highest BCUT2D eigenvalue weighted by Crippen LogP contribution is 2.20. The van der Waals surface area contributed by atoms with Crippen molar-refractivity contribution >= 4 is 23.0 Å². The van der Waals surface area contributed by atoms with Gasteiger partial charge in [0.15, 0.2) is 17.8 Å². The molecule has 0 spiro atoms. The molecule has 2 aromatic rings. The maximum Gasteiger partial charge on any atom is 0.332 e. The molecule has 2 aromatic heterocycles. The molecule has 1 saturated heterocycles. The lowest BCUT2D eigenvalue weighted by Gasteiger charge is -2.34. The van der Waals surface area contributed by atoms with Crippen LogP contribution in [0.3, 0.4) is 0 Å². The topological polar surface area (TPSA) is 108 Å². The van der Waals surface area contributed by atoms with Gasteiger partial charge in [0.2, 0.25) is 0 Å². The standard InChI is InChI=1S/C18H25N5O5/c1-11-5-12(2)7-22(6-11)13(24)9-28-14(25)8-23-10-19-16-15(23)17(26)21(4)18(27)20(16)3/h10-12H,5-9H2,1-4H3/t11-,12+. The number of ether oxygens (including phenoxy) is 1. The Morgan fingerprint density at radius 1 is 1.14 bits per heavy atom. The molecule has 10 heteroatoms. The summed E-state index contributed by atoms with van der Waals surface area (Å²) >= 11 is 0. The second-order valence-corrected chi connectivity index (χ2v) is 7.66. The van der Waals surface area contributed by atoms with E-state index >= 15 is 0 Å². The van der Waals surface area contributed by atoms with E-state index in [9.17, 15) is 19.2 Å². The Balaban J connectivity index is 1.68. The maximum atomic E-state index is 12.4. The summed E-state index contributed by atoms with van der Waals surface area (Å²) in [6.07, 6.45) is 2.39. The van der Waals surface area contributed by atoms with E-state index < -0.39 is 17.2 Å². The van der Waals surface area contributed by atoms with Gasteiger partial charge in [-0.15, -0.1) is 0 Å². The van der Waals surface area contributed by atoms with Crippen LogP contribution in [0.15, 0.2) is 15.9 Å². The van der Waals surface area contributed by atoms with Crippen LogP contribution in [0.4, 0.5) is 0 Å². The van der Waals surface area contributed by atoms with Gasteiger partial charge in [-0.1, -0.05) is 13.8 Å². The number of rotatable bonds is 4. The van der Waals surface area contributed by atoms with Gasteiger partial charge >= 0.3 is 11.7 Å². The van der Waals surface area contributed by atoms with Crippen molar-refractivity contribution in [1.29, 1.82) is 0 Å². The molecule has 0 N–H and O–H groups in total. The van der Waals surface area contributed by atoms with Crippen LogP contribution < -0.4 is 11.2 Å². The van der Waals surface area contributed by atoms with Gasteiger partial charge in [0.25, 0.3) is 11.5 Å². The van der Waals surface area contributed by atoms with E-state index in [0.717, 1.165) is 11.0 Å². The summed E-state index contributed by atoms with van der Waals surface area (Å²) in [6, 6.07) is 0. The first-order valence-corrected chi connectivity index (χ1v) is 9.23. The normalized spacial score (nSPS) is 19.8. The minimum absolute atomic E-state index is 0.131. The van der Waals surface area contributed by atoms with Crippen molar-refractivity contribution in [2.75, 3.05) is 19.7 Å². The molecule has 1 aliphatic rings. The number of likely N-dealkylation sites (tertiary alicyclic amines) is 1. The van der Waals surface area contributed by atoms with Crippen molar-refractivity contribution in [3.8, 4) is 0 Å². The predicted molar refractivity (Wildman–Crippen MR) is 101 cm³/mol. The van der Waals surface area contributed by atoms with Crippen molar-refractivity contribution in [1.82, 2.24) is 23.6 Å². The first-order valence-electron chi connectivity index (χ1n) is 9.23. The number of carbonyl (C=O) groups is 2. The molecule has 1 aliphatic heterocycles. The molecule has 0 bridgehead atoms. The number of fused-ring (bicyclic) bond motifs is 1. The minimum Gasteiger partial charge on any atom is -0.454 e. The van der Waals surface area contributed by atoms with Crippen LogP contribution in [-0.4, -0.2) is 55.2 Å². The third kappa shape index (κ3) is 3.71. The van der Waals surface area contributed by atoms with Crippen molar-refractivity contribution < 1.29 is 14.3 Å². The lowest BCUT2D eigenvalue weighted by atomic mass is 9.92. The van der Waals surface area contributed by atoms with Crippen molar-refractivity contribution in [3.05, 3.63) is 27.2 Å². The molecule has 152 valence electrons. The number of nitrogens with zero attached hydrogens (tertiary/aromatic N) is 5. The summed E-state index contributed by atoms with van der Waals surface area (Å²) in [5.74, 6) is -0.0330. The Hall–Kier alpha value is -2.91. The lowest BCUT2D eigenvalue weighted by Crippen LogP contribution is -2.44. The molecular formula is C18H25N5O5.